The van der Waals surface area contributed by atoms with Crippen LogP contribution in [-0.2, 0) is 0 Å². The van der Waals surface area contributed by atoms with Crippen LogP contribution < -0.4 is 4.90 Å². The molecule has 3 rings (SSSR count). The molecule has 0 unspecified atom stereocenters. The molecule has 0 atom stereocenters. The van der Waals surface area contributed by atoms with E-state index >= 15 is 0 Å². The number of ketones is 1. The van der Waals surface area contributed by atoms with Gasteiger partial charge in [0.05, 0.1) is 5.56 Å². The van der Waals surface area contributed by atoms with Crippen molar-refractivity contribution in [2.45, 2.75) is 12.8 Å². The smallest absolute Gasteiger partial charge is 0.257 e. The summed E-state index contributed by atoms with van der Waals surface area (Å²) in [5.41, 5.74) is 1.90. The molecule has 1 aliphatic heterocycles. The van der Waals surface area contributed by atoms with E-state index < -0.39 is 0 Å². The molecule has 0 aromatic heterocycles. The summed E-state index contributed by atoms with van der Waals surface area (Å²) in [6.45, 7) is 4.85. The second-order valence-electron chi connectivity index (χ2n) is 7.62. The number of carbonyl (C=O) groups is 2. The molecule has 1 saturated heterocycles. The van der Waals surface area contributed by atoms with Gasteiger partial charge in [-0.15, -0.1) is 0 Å². The average Bonchev–Trinajstić information content (AvgIpc) is 2.74. The van der Waals surface area contributed by atoms with Gasteiger partial charge >= 0.3 is 0 Å². The number of piperazine rings is 1. The zero-order valence-corrected chi connectivity index (χ0v) is 17.2. The van der Waals surface area contributed by atoms with E-state index in [0.717, 1.165) is 39.1 Å². The minimum absolute atomic E-state index is 0.000674. The highest BCUT2D eigenvalue weighted by atomic mass is 16.3. The van der Waals surface area contributed by atoms with E-state index in [4.69, 9.17) is 0 Å². The maximum Gasteiger partial charge on any atom is 0.257 e. The third kappa shape index (κ3) is 5.35. The third-order valence-electron chi connectivity index (χ3n) is 5.33. The molecule has 29 heavy (non-hydrogen) atoms. The van der Waals surface area contributed by atoms with E-state index in [2.05, 4.69) is 34.1 Å². The summed E-state index contributed by atoms with van der Waals surface area (Å²) in [5, 5.41) is 9.92. The zero-order valence-electron chi connectivity index (χ0n) is 17.2. The normalized spacial score (nSPS) is 14.6. The first-order valence-corrected chi connectivity index (χ1v) is 10.1. The molecule has 0 bridgehead atoms. The van der Waals surface area contributed by atoms with Crippen LogP contribution in [0.4, 0.5) is 5.69 Å². The predicted octanol–water partition coefficient (Wildman–Crippen LogP) is 2.88. The number of amides is 1. The fraction of sp³-hybridized carbons (Fsp3) is 0.391. The van der Waals surface area contributed by atoms with Crippen LogP contribution in [0.15, 0.2) is 48.5 Å². The molecule has 0 aliphatic carbocycles. The summed E-state index contributed by atoms with van der Waals surface area (Å²) in [4.78, 5) is 30.9. The van der Waals surface area contributed by atoms with Crippen LogP contribution >= 0.6 is 0 Å². The van der Waals surface area contributed by atoms with Crippen molar-refractivity contribution >= 4 is 17.4 Å². The highest BCUT2D eigenvalue weighted by Crippen LogP contribution is 2.21. The lowest BCUT2D eigenvalue weighted by atomic mass is 10.0. The lowest BCUT2D eigenvalue weighted by Crippen LogP contribution is -2.46. The van der Waals surface area contributed by atoms with Crippen LogP contribution in [0.1, 0.15) is 33.6 Å². The Morgan fingerprint density at radius 2 is 1.69 bits per heavy atom. The largest absolute Gasteiger partial charge is 0.507 e. The first-order valence-electron chi connectivity index (χ1n) is 10.1. The van der Waals surface area contributed by atoms with Crippen molar-refractivity contribution in [1.82, 2.24) is 9.80 Å². The van der Waals surface area contributed by atoms with Crippen LogP contribution in [0.5, 0.6) is 5.75 Å². The fourth-order valence-electron chi connectivity index (χ4n) is 3.60. The van der Waals surface area contributed by atoms with Crippen molar-refractivity contribution in [3.8, 4) is 5.75 Å². The molecule has 1 N–H and O–H groups in total. The SMILES string of the molecule is CN(C)C(=O)c1cc(C(=O)CCCN2CCN(c3ccccc3)CC2)ccc1O. The summed E-state index contributed by atoms with van der Waals surface area (Å²) in [6, 6.07) is 14.9. The predicted molar refractivity (Wildman–Crippen MR) is 115 cm³/mol. The van der Waals surface area contributed by atoms with Crippen molar-refractivity contribution < 1.29 is 14.7 Å². The second-order valence-corrected chi connectivity index (χ2v) is 7.62. The van der Waals surface area contributed by atoms with E-state index in [-0.39, 0.29) is 23.0 Å². The minimum atomic E-state index is -0.312. The van der Waals surface area contributed by atoms with Crippen LogP contribution in [0.3, 0.4) is 0 Å². The lowest BCUT2D eigenvalue weighted by molar-refractivity contribution is 0.0824. The first-order chi connectivity index (χ1) is 14.0. The van der Waals surface area contributed by atoms with Gasteiger partial charge in [-0.2, -0.15) is 0 Å². The number of aromatic hydroxyl groups is 1. The number of benzene rings is 2. The van der Waals surface area contributed by atoms with Gasteiger partial charge in [0.1, 0.15) is 5.75 Å². The van der Waals surface area contributed by atoms with Crippen LogP contribution in [-0.4, -0.2) is 73.4 Å². The molecule has 0 spiro atoms. The molecule has 2 aromatic carbocycles. The highest BCUT2D eigenvalue weighted by Gasteiger charge is 2.19. The molecule has 1 amide bonds. The van der Waals surface area contributed by atoms with Gasteiger partial charge in [-0.05, 0) is 43.3 Å². The summed E-state index contributed by atoms with van der Waals surface area (Å²) in [7, 11) is 3.24. The molecule has 1 aliphatic rings. The molecule has 0 saturated carbocycles. The van der Waals surface area contributed by atoms with Gasteiger partial charge in [0.2, 0.25) is 0 Å². The topological polar surface area (TPSA) is 64.1 Å². The Labute approximate surface area is 172 Å². The molecule has 1 fully saturated rings. The zero-order chi connectivity index (χ0) is 20.8. The van der Waals surface area contributed by atoms with Gasteiger partial charge in [-0.25, -0.2) is 0 Å². The van der Waals surface area contributed by atoms with Gasteiger partial charge < -0.3 is 14.9 Å². The lowest BCUT2D eigenvalue weighted by Gasteiger charge is -2.36. The Bertz CT molecular complexity index is 844. The van der Waals surface area contributed by atoms with Crippen LogP contribution in [0.25, 0.3) is 0 Å². The number of carbonyl (C=O) groups excluding carboxylic acids is 2. The van der Waals surface area contributed by atoms with E-state index in [1.54, 1.807) is 20.2 Å². The molecule has 154 valence electrons. The first kappa shape index (κ1) is 20.9. The average molecular weight is 396 g/mol. The number of hydrogen-bond acceptors (Lipinski definition) is 5. The van der Waals surface area contributed by atoms with E-state index in [1.807, 2.05) is 6.07 Å². The minimum Gasteiger partial charge on any atom is -0.507 e. The van der Waals surface area contributed by atoms with Crippen LogP contribution in [0.2, 0.25) is 0 Å². The second kappa shape index (κ2) is 9.56. The Hall–Kier alpha value is -2.86. The van der Waals surface area contributed by atoms with E-state index in [0.29, 0.717) is 12.0 Å². The quantitative estimate of drug-likeness (QED) is 0.731. The van der Waals surface area contributed by atoms with Gasteiger partial charge in [0.25, 0.3) is 5.91 Å². The number of phenols is 1. The van der Waals surface area contributed by atoms with Crippen molar-refractivity contribution in [3.63, 3.8) is 0 Å². The van der Waals surface area contributed by atoms with Gasteiger partial charge in [0, 0.05) is 57.9 Å². The fourth-order valence-corrected chi connectivity index (χ4v) is 3.60. The molecule has 6 heteroatoms. The van der Waals surface area contributed by atoms with E-state index in [1.165, 1.54) is 22.7 Å². The van der Waals surface area contributed by atoms with Crippen LogP contribution in [0, 0.1) is 0 Å². The number of rotatable bonds is 7. The molecule has 0 radical (unpaired) electrons. The van der Waals surface area contributed by atoms with Gasteiger partial charge in [-0.1, -0.05) is 18.2 Å². The number of phenolic OH excluding ortho intramolecular Hbond substituents is 1. The summed E-state index contributed by atoms with van der Waals surface area (Å²) in [6.07, 6.45) is 1.21. The number of hydrogen-bond donors (Lipinski definition) is 1. The maximum absolute atomic E-state index is 12.5. The monoisotopic (exact) mass is 395 g/mol. The summed E-state index contributed by atoms with van der Waals surface area (Å²) in [5.74, 6) is -0.411. The van der Waals surface area contributed by atoms with Gasteiger partial charge in [-0.3, -0.25) is 14.5 Å². The van der Waals surface area contributed by atoms with Crippen molar-refractivity contribution in [3.05, 3.63) is 59.7 Å². The Morgan fingerprint density at radius 3 is 2.34 bits per heavy atom. The summed E-state index contributed by atoms with van der Waals surface area (Å²) >= 11 is 0. The Morgan fingerprint density at radius 1 is 1.00 bits per heavy atom. The number of Topliss-reactive ketones (excluding diaryl/α,β-unsaturated/α-hetero) is 1. The molecular weight excluding hydrogens is 366 g/mol. The maximum atomic E-state index is 12.5. The van der Waals surface area contributed by atoms with Crippen molar-refractivity contribution in [2.75, 3.05) is 51.7 Å². The molecular formula is C23H29N3O3. The Balaban J connectivity index is 1.47. The number of nitrogens with zero attached hydrogens (tertiary/aromatic N) is 3. The highest BCUT2D eigenvalue weighted by molar-refractivity contribution is 6.02. The summed E-state index contributed by atoms with van der Waals surface area (Å²) < 4.78 is 0. The molecule has 1 heterocycles. The number of para-hydroxylation sites is 1. The molecule has 6 nitrogen and oxygen atoms in total. The van der Waals surface area contributed by atoms with E-state index in [9.17, 15) is 14.7 Å². The Kier molecular flexibility index (Phi) is 6.88. The van der Waals surface area contributed by atoms with Crippen molar-refractivity contribution in [1.29, 1.82) is 0 Å². The van der Waals surface area contributed by atoms with Crippen molar-refractivity contribution in [2.24, 2.45) is 0 Å². The number of anilines is 1. The standard InChI is InChI=1S/C23H29N3O3/c1-24(2)23(29)20-17-18(10-11-22(20)28)21(27)9-6-12-25-13-15-26(16-14-25)19-7-4-3-5-8-19/h3-5,7-8,10-11,17,28H,6,9,12-16H2,1-2H3. The molecule has 2 aromatic rings. The third-order valence-corrected chi connectivity index (χ3v) is 5.33. The van der Waals surface area contributed by atoms with Gasteiger partial charge in [0.15, 0.2) is 5.78 Å².